The van der Waals surface area contributed by atoms with Crippen LogP contribution in [0, 0.1) is 0 Å². The molecule has 11 nitrogen and oxygen atoms in total. The van der Waals surface area contributed by atoms with Gasteiger partial charge in [-0.2, -0.15) is 0 Å². The van der Waals surface area contributed by atoms with Crippen LogP contribution >= 0.6 is 0 Å². The molecule has 71 heavy (non-hydrogen) atoms. The number of aliphatic hydroxyl groups excluding tert-OH is 5. The Morgan fingerprint density at radius 1 is 0.521 bits per heavy atom. The van der Waals surface area contributed by atoms with Crippen molar-refractivity contribution in [2.75, 3.05) is 19.8 Å². The van der Waals surface area contributed by atoms with Crippen LogP contribution in [0.4, 0.5) is 0 Å². The lowest BCUT2D eigenvalue weighted by molar-refractivity contribution is -0.302. The van der Waals surface area contributed by atoms with E-state index >= 15 is 0 Å². The Kier molecular flexibility index (Phi) is 46.7. The summed E-state index contributed by atoms with van der Waals surface area (Å²) < 4.78 is 16.6. The molecule has 0 aromatic carbocycles. The van der Waals surface area contributed by atoms with Crippen molar-refractivity contribution in [1.29, 1.82) is 0 Å². The molecule has 0 saturated carbocycles. The number of hydrogen-bond donors (Lipinski definition) is 6. The highest BCUT2D eigenvalue weighted by molar-refractivity contribution is 5.76. The first-order valence-electron chi connectivity index (χ1n) is 29.4. The second-order valence-corrected chi connectivity index (χ2v) is 20.4. The largest absolute Gasteiger partial charge is 0.466 e. The number of unbranched alkanes of at least 4 members (excludes halogenated alkanes) is 31. The lowest BCUT2D eigenvalue weighted by Gasteiger charge is -2.40. The molecule has 1 rings (SSSR count). The molecule has 1 heterocycles. The highest BCUT2D eigenvalue weighted by atomic mass is 16.7. The number of carbonyl (C=O) groups excluding carboxylic acids is 2. The molecule has 0 aliphatic carbocycles. The van der Waals surface area contributed by atoms with E-state index in [1.54, 1.807) is 6.08 Å². The zero-order chi connectivity index (χ0) is 51.7. The average Bonchev–Trinajstić information content (AvgIpc) is 3.37. The SMILES string of the molecule is CCCCC/C=C/CC/C=C/C(O)C(COC1OC(CO)C(O)C(O)C1O)NC(=O)CCCCCCCCCCCC/C=C\C=C/CCCCCOC(=O)CCCCCCCCCCCCCCCCC. The van der Waals surface area contributed by atoms with Crippen LogP contribution in [-0.2, 0) is 23.8 Å². The third-order valence-corrected chi connectivity index (χ3v) is 13.7. The van der Waals surface area contributed by atoms with Crippen molar-refractivity contribution in [3.63, 3.8) is 0 Å². The molecule has 11 heteroatoms. The van der Waals surface area contributed by atoms with E-state index < -0.39 is 49.5 Å². The van der Waals surface area contributed by atoms with Crippen LogP contribution in [0.3, 0.4) is 0 Å². The van der Waals surface area contributed by atoms with Gasteiger partial charge in [-0.25, -0.2) is 0 Å². The number of nitrogens with one attached hydrogen (secondary N) is 1. The minimum absolute atomic E-state index is 0.0266. The van der Waals surface area contributed by atoms with Crippen LogP contribution in [0.15, 0.2) is 48.6 Å². The van der Waals surface area contributed by atoms with Gasteiger partial charge in [0.1, 0.15) is 24.4 Å². The Morgan fingerprint density at radius 2 is 0.958 bits per heavy atom. The van der Waals surface area contributed by atoms with Crippen LogP contribution in [0.1, 0.15) is 258 Å². The summed E-state index contributed by atoms with van der Waals surface area (Å²) in [6.07, 6.45) is 52.2. The van der Waals surface area contributed by atoms with Crippen LogP contribution in [-0.4, -0.2) is 100 Å². The van der Waals surface area contributed by atoms with E-state index in [1.807, 2.05) is 6.08 Å². The van der Waals surface area contributed by atoms with Gasteiger partial charge in [-0.15, -0.1) is 0 Å². The Morgan fingerprint density at radius 3 is 1.51 bits per heavy atom. The number of aliphatic hydroxyl groups is 5. The molecular weight excluding hydrogens is 895 g/mol. The number of allylic oxidation sites excluding steroid dienone is 7. The summed E-state index contributed by atoms with van der Waals surface area (Å²) in [4.78, 5) is 25.0. The third kappa shape index (κ3) is 39.7. The zero-order valence-electron chi connectivity index (χ0n) is 45.4. The minimum Gasteiger partial charge on any atom is -0.466 e. The highest BCUT2D eigenvalue weighted by Gasteiger charge is 2.44. The molecule has 7 atom stereocenters. The zero-order valence-corrected chi connectivity index (χ0v) is 45.4. The van der Waals surface area contributed by atoms with Gasteiger partial charge in [0, 0.05) is 12.8 Å². The third-order valence-electron chi connectivity index (χ3n) is 13.7. The predicted molar refractivity (Wildman–Crippen MR) is 292 cm³/mol. The molecule has 1 aliphatic rings. The van der Waals surface area contributed by atoms with Crippen molar-refractivity contribution >= 4 is 11.9 Å². The maximum atomic E-state index is 13.0. The van der Waals surface area contributed by atoms with Gasteiger partial charge in [-0.1, -0.05) is 217 Å². The lowest BCUT2D eigenvalue weighted by Crippen LogP contribution is -2.60. The van der Waals surface area contributed by atoms with Gasteiger partial charge in [0.25, 0.3) is 0 Å². The molecule has 0 spiro atoms. The van der Waals surface area contributed by atoms with Gasteiger partial charge in [-0.3, -0.25) is 9.59 Å². The summed E-state index contributed by atoms with van der Waals surface area (Å²) in [5.41, 5.74) is 0. The summed E-state index contributed by atoms with van der Waals surface area (Å²) in [7, 11) is 0. The van der Waals surface area contributed by atoms with E-state index in [1.165, 1.54) is 141 Å². The van der Waals surface area contributed by atoms with E-state index in [0.717, 1.165) is 89.9 Å². The number of ether oxygens (including phenoxy) is 3. The summed E-state index contributed by atoms with van der Waals surface area (Å²) in [6, 6.07) is -0.834. The van der Waals surface area contributed by atoms with Crippen molar-refractivity contribution in [1.82, 2.24) is 5.32 Å². The molecule has 1 amide bonds. The van der Waals surface area contributed by atoms with E-state index in [-0.39, 0.29) is 18.5 Å². The first-order chi connectivity index (χ1) is 34.7. The highest BCUT2D eigenvalue weighted by Crippen LogP contribution is 2.23. The van der Waals surface area contributed by atoms with Gasteiger partial charge in [0.2, 0.25) is 5.91 Å². The first kappa shape index (κ1) is 66.6. The van der Waals surface area contributed by atoms with Crippen LogP contribution in [0.25, 0.3) is 0 Å². The number of amides is 1. The van der Waals surface area contributed by atoms with E-state index in [9.17, 15) is 35.1 Å². The fourth-order valence-electron chi connectivity index (χ4n) is 8.97. The van der Waals surface area contributed by atoms with Crippen LogP contribution < -0.4 is 5.32 Å². The molecule has 0 aromatic heterocycles. The molecule has 0 radical (unpaired) electrons. The van der Waals surface area contributed by atoms with Gasteiger partial charge < -0.3 is 45.1 Å². The number of carbonyl (C=O) groups is 2. The minimum atomic E-state index is -1.58. The molecule has 7 unspecified atom stereocenters. The number of esters is 1. The fourth-order valence-corrected chi connectivity index (χ4v) is 8.97. The molecule has 0 bridgehead atoms. The average molecular weight is 1000 g/mol. The van der Waals surface area contributed by atoms with E-state index in [2.05, 4.69) is 55.6 Å². The smallest absolute Gasteiger partial charge is 0.305 e. The molecule has 1 saturated heterocycles. The number of hydrogen-bond acceptors (Lipinski definition) is 10. The molecule has 1 aliphatic heterocycles. The van der Waals surface area contributed by atoms with Gasteiger partial charge in [-0.05, 0) is 77.0 Å². The predicted octanol–water partition coefficient (Wildman–Crippen LogP) is 13.3. The monoisotopic (exact) mass is 1000 g/mol. The van der Waals surface area contributed by atoms with E-state index in [4.69, 9.17) is 14.2 Å². The van der Waals surface area contributed by atoms with Crippen molar-refractivity contribution < 1.29 is 49.3 Å². The maximum absolute atomic E-state index is 13.0. The molecule has 1 fully saturated rings. The van der Waals surface area contributed by atoms with Crippen molar-refractivity contribution in [3.8, 4) is 0 Å². The fraction of sp³-hybridized carbons (Fsp3) is 0.833. The van der Waals surface area contributed by atoms with Crippen LogP contribution in [0.5, 0.6) is 0 Å². The lowest BCUT2D eigenvalue weighted by atomic mass is 9.99. The van der Waals surface area contributed by atoms with Gasteiger partial charge in [0.05, 0.1) is 32.0 Å². The summed E-state index contributed by atoms with van der Waals surface area (Å²) in [5.74, 6) is -0.232. The molecule has 6 N–H and O–H groups in total. The van der Waals surface area contributed by atoms with Crippen molar-refractivity contribution in [2.45, 2.75) is 301 Å². The van der Waals surface area contributed by atoms with Crippen molar-refractivity contribution in [3.05, 3.63) is 48.6 Å². The second kappa shape index (κ2) is 49.8. The Labute approximate surface area is 434 Å². The Hall–Kier alpha value is -2.38. The maximum Gasteiger partial charge on any atom is 0.305 e. The molecule has 414 valence electrons. The van der Waals surface area contributed by atoms with E-state index in [0.29, 0.717) is 19.4 Å². The van der Waals surface area contributed by atoms with Gasteiger partial charge >= 0.3 is 5.97 Å². The van der Waals surface area contributed by atoms with Gasteiger partial charge in [0.15, 0.2) is 6.29 Å². The summed E-state index contributed by atoms with van der Waals surface area (Å²) in [6.45, 7) is 4.23. The number of rotatable bonds is 50. The first-order valence-corrected chi connectivity index (χ1v) is 29.4. The molecule has 0 aromatic rings. The standard InChI is InChI=1S/C60H109NO10/c1-3-5-7-9-11-13-14-15-21-25-28-32-36-40-44-48-56(65)69-49-45-41-37-33-29-26-23-20-18-16-17-19-22-24-27-31-35-39-43-47-55(64)61-52(53(63)46-42-38-34-30-12-10-8-6-4-2)51-70-60-59(68)58(67)57(66)54(50-62)71-60/h12,20,23,26,29-30,42,46,52-54,57-60,62-63,66-68H,3-11,13-19,21-22,24-25,27-28,31-41,43-45,47-51H2,1-2H3,(H,61,64)/b23-20-,29-26-,30-12+,46-42+. The second-order valence-electron chi connectivity index (χ2n) is 20.4. The summed E-state index contributed by atoms with van der Waals surface area (Å²) in [5, 5.41) is 54.1. The topological polar surface area (TPSA) is 175 Å². The Bertz CT molecular complexity index is 1320. The summed E-state index contributed by atoms with van der Waals surface area (Å²) >= 11 is 0. The Balaban J connectivity index is 2.06. The van der Waals surface area contributed by atoms with Crippen molar-refractivity contribution in [2.24, 2.45) is 0 Å². The quantitative estimate of drug-likeness (QED) is 0.0149. The normalized spacial score (nSPS) is 19.5. The van der Waals surface area contributed by atoms with Crippen LogP contribution in [0.2, 0.25) is 0 Å². The molecular formula is C60H109NO10.